The van der Waals surface area contributed by atoms with Crippen molar-refractivity contribution in [1.82, 2.24) is 0 Å². The fourth-order valence-corrected chi connectivity index (χ4v) is 1.60. The molecule has 0 aliphatic rings. The molecule has 0 aliphatic heterocycles. The van der Waals surface area contributed by atoms with Crippen molar-refractivity contribution in [3.8, 4) is 0 Å². The van der Waals surface area contributed by atoms with Crippen LogP contribution in [0.15, 0.2) is 11.1 Å². The van der Waals surface area contributed by atoms with E-state index in [0.29, 0.717) is 12.8 Å². The van der Waals surface area contributed by atoms with Crippen LogP contribution in [0, 0.1) is 0 Å². The van der Waals surface area contributed by atoms with E-state index in [-0.39, 0.29) is 23.7 Å². The molecule has 0 atom stereocenters. The summed E-state index contributed by atoms with van der Waals surface area (Å²) in [6.45, 7) is 6.44. The molecule has 5 nitrogen and oxygen atoms in total. The van der Waals surface area contributed by atoms with Crippen LogP contribution < -0.4 is 0 Å². The first kappa shape index (κ1) is 16.4. The fourth-order valence-electron chi connectivity index (χ4n) is 1.60. The summed E-state index contributed by atoms with van der Waals surface area (Å²) in [6, 6.07) is 0. The lowest BCUT2D eigenvalue weighted by Crippen LogP contribution is -2.22. The van der Waals surface area contributed by atoms with Gasteiger partial charge in [-0.25, -0.2) is 4.79 Å². The van der Waals surface area contributed by atoms with Gasteiger partial charge in [-0.05, 0) is 32.3 Å². The molecule has 102 valence electrons. The van der Waals surface area contributed by atoms with Gasteiger partial charge in [-0.3, -0.25) is 9.59 Å². The van der Waals surface area contributed by atoms with Crippen molar-refractivity contribution in [2.45, 2.75) is 53.1 Å². The van der Waals surface area contributed by atoms with Crippen LogP contribution in [0.5, 0.6) is 0 Å². The molecule has 0 aromatic carbocycles. The molecule has 18 heavy (non-hydrogen) atoms. The molecule has 0 aliphatic carbocycles. The van der Waals surface area contributed by atoms with Gasteiger partial charge in [0.1, 0.15) is 11.7 Å². The molecule has 0 aromatic heterocycles. The average Bonchev–Trinajstić information content (AvgIpc) is 2.24. The lowest BCUT2D eigenvalue weighted by Gasteiger charge is -2.15. The van der Waals surface area contributed by atoms with E-state index in [4.69, 9.17) is 9.84 Å². The van der Waals surface area contributed by atoms with Gasteiger partial charge in [0.2, 0.25) is 0 Å². The van der Waals surface area contributed by atoms with Crippen LogP contribution in [0.1, 0.15) is 47.0 Å². The second kappa shape index (κ2) is 7.63. The van der Waals surface area contributed by atoms with E-state index in [2.05, 4.69) is 0 Å². The predicted molar refractivity (Wildman–Crippen MR) is 66.1 cm³/mol. The third-order valence-electron chi connectivity index (χ3n) is 2.58. The summed E-state index contributed by atoms with van der Waals surface area (Å²) in [7, 11) is 0. The topological polar surface area (TPSA) is 80.7 Å². The highest BCUT2D eigenvalue weighted by atomic mass is 16.5. The van der Waals surface area contributed by atoms with Crippen LogP contribution in [0.25, 0.3) is 0 Å². The Morgan fingerprint density at radius 3 is 1.94 bits per heavy atom. The van der Waals surface area contributed by atoms with Crippen LogP contribution in [0.4, 0.5) is 0 Å². The zero-order chi connectivity index (χ0) is 14.3. The van der Waals surface area contributed by atoms with Crippen molar-refractivity contribution < 1.29 is 24.2 Å². The molecule has 0 fully saturated rings. The Labute approximate surface area is 107 Å². The number of carboxylic acid groups (broad SMARTS) is 1. The Kier molecular flexibility index (Phi) is 6.93. The number of carboxylic acids is 1. The monoisotopic (exact) mass is 256 g/mol. The molecule has 0 unspecified atom stereocenters. The van der Waals surface area contributed by atoms with E-state index in [1.807, 2.05) is 13.8 Å². The number of ether oxygens (including phenoxy) is 1. The smallest absolute Gasteiger partial charge is 0.341 e. The maximum Gasteiger partial charge on any atom is 0.341 e. The highest BCUT2D eigenvalue weighted by Gasteiger charge is 2.22. The van der Waals surface area contributed by atoms with E-state index in [1.165, 1.54) is 13.8 Å². The van der Waals surface area contributed by atoms with Crippen molar-refractivity contribution in [2.75, 3.05) is 0 Å². The molecule has 5 heteroatoms. The summed E-state index contributed by atoms with van der Waals surface area (Å²) in [5, 5.41) is 8.67. The number of esters is 1. The van der Waals surface area contributed by atoms with Crippen LogP contribution in [-0.4, -0.2) is 28.9 Å². The van der Waals surface area contributed by atoms with Crippen molar-refractivity contribution in [2.24, 2.45) is 0 Å². The first-order chi connectivity index (χ1) is 8.33. The lowest BCUT2D eigenvalue weighted by molar-refractivity contribution is -0.145. The van der Waals surface area contributed by atoms with Crippen LogP contribution in [0.3, 0.4) is 0 Å². The molecular weight excluding hydrogens is 236 g/mol. The summed E-state index contributed by atoms with van der Waals surface area (Å²) in [5.41, 5.74) is 0.0789. The molecule has 0 saturated carbocycles. The van der Waals surface area contributed by atoms with Crippen molar-refractivity contribution in [3.63, 3.8) is 0 Å². The molecular formula is C13H20O5. The standard InChI is InChI=1S/C13H20O5/c1-5-10(6-2)18-13(17)12(9(4)14)8(3)7-11(15)16/h10H,5-7H2,1-4H3,(H,15,16). The number of carbonyl (C=O) groups excluding carboxylic acids is 2. The number of carbonyl (C=O) groups is 3. The summed E-state index contributed by atoms with van der Waals surface area (Å²) >= 11 is 0. The van der Waals surface area contributed by atoms with E-state index in [0.717, 1.165) is 0 Å². The van der Waals surface area contributed by atoms with Gasteiger partial charge in [-0.2, -0.15) is 0 Å². The minimum Gasteiger partial charge on any atom is -0.481 e. The van der Waals surface area contributed by atoms with Crippen LogP contribution in [-0.2, 0) is 19.1 Å². The third-order valence-corrected chi connectivity index (χ3v) is 2.58. The number of rotatable bonds is 7. The highest BCUT2D eigenvalue weighted by molar-refractivity contribution is 6.17. The predicted octanol–water partition coefficient (Wildman–Crippen LogP) is 2.10. The van der Waals surface area contributed by atoms with E-state index >= 15 is 0 Å². The third kappa shape index (κ3) is 5.12. The number of ketones is 1. The molecule has 0 aromatic rings. The maximum absolute atomic E-state index is 11.8. The number of hydrogen-bond donors (Lipinski definition) is 1. The fraction of sp³-hybridized carbons (Fsp3) is 0.615. The summed E-state index contributed by atoms with van der Waals surface area (Å²) in [5.74, 6) is -2.28. The zero-order valence-electron chi connectivity index (χ0n) is 11.3. The van der Waals surface area contributed by atoms with Gasteiger partial charge in [0.05, 0.1) is 6.42 Å². The van der Waals surface area contributed by atoms with Gasteiger partial charge in [0.25, 0.3) is 0 Å². The number of hydrogen-bond acceptors (Lipinski definition) is 4. The van der Waals surface area contributed by atoms with Crippen LogP contribution >= 0.6 is 0 Å². The maximum atomic E-state index is 11.8. The highest BCUT2D eigenvalue weighted by Crippen LogP contribution is 2.14. The Balaban J connectivity index is 5.07. The minimum atomic E-state index is -1.08. The molecule has 0 bridgehead atoms. The van der Waals surface area contributed by atoms with Gasteiger partial charge in [0.15, 0.2) is 5.78 Å². The second-order valence-corrected chi connectivity index (χ2v) is 4.13. The van der Waals surface area contributed by atoms with Crippen molar-refractivity contribution in [3.05, 3.63) is 11.1 Å². The number of Topliss-reactive ketones (excluding diaryl/α,β-unsaturated/α-hetero) is 1. The lowest BCUT2D eigenvalue weighted by atomic mass is 10.0. The van der Waals surface area contributed by atoms with Gasteiger partial charge < -0.3 is 9.84 Å². The first-order valence-electron chi connectivity index (χ1n) is 5.96. The molecule has 1 N–H and O–H groups in total. The summed E-state index contributed by atoms with van der Waals surface area (Å²) < 4.78 is 5.16. The average molecular weight is 256 g/mol. The molecule has 0 spiro atoms. The van der Waals surface area contributed by atoms with Crippen LogP contribution in [0.2, 0.25) is 0 Å². The largest absolute Gasteiger partial charge is 0.481 e. The second-order valence-electron chi connectivity index (χ2n) is 4.13. The number of aliphatic carboxylic acids is 1. The minimum absolute atomic E-state index is 0.149. The Hall–Kier alpha value is -1.65. The van der Waals surface area contributed by atoms with E-state index in [9.17, 15) is 14.4 Å². The molecule has 0 amide bonds. The SMILES string of the molecule is CCC(CC)OC(=O)C(C(C)=O)=C(C)CC(=O)O. The summed E-state index contributed by atoms with van der Waals surface area (Å²) in [6.07, 6.45) is 0.730. The Morgan fingerprint density at radius 1 is 1.11 bits per heavy atom. The molecule has 0 saturated heterocycles. The van der Waals surface area contributed by atoms with Gasteiger partial charge in [-0.15, -0.1) is 0 Å². The normalized spacial score (nSPS) is 12.1. The summed E-state index contributed by atoms with van der Waals surface area (Å²) in [4.78, 5) is 33.9. The molecule has 0 radical (unpaired) electrons. The zero-order valence-corrected chi connectivity index (χ0v) is 11.3. The van der Waals surface area contributed by atoms with Crippen molar-refractivity contribution >= 4 is 17.7 Å². The molecule has 0 heterocycles. The quantitative estimate of drug-likeness (QED) is 0.326. The van der Waals surface area contributed by atoms with Gasteiger partial charge >= 0.3 is 11.9 Å². The van der Waals surface area contributed by atoms with Gasteiger partial charge in [0, 0.05) is 0 Å². The van der Waals surface area contributed by atoms with Gasteiger partial charge in [-0.1, -0.05) is 13.8 Å². The van der Waals surface area contributed by atoms with E-state index < -0.39 is 17.7 Å². The Bertz CT molecular complexity index is 364. The Morgan fingerprint density at radius 2 is 1.61 bits per heavy atom. The first-order valence-corrected chi connectivity index (χ1v) is 5.96. The van der Waals surface area contributed by atoms with Crippen molar-refractivity contribution in [1.29, 1.82) is 0 Å². The molecule has 0 rings (SSSR count). The van der Waals surface area contributed by atoms with E-state index in [1.54, 1.807) is 0 Å².